The number of nitrogens with zero attached hydrogens (tertiary/aromatic N) is 4. The molecule has 2 heterocycles. The summed E-state index contributed by atoms with van der Waals surface area (Å²) in [7, 11) is 0. The van der Waals surface area contributed by atoms with E-state index in [1.54, 1.807) is 6.21 Å². The Morgan fingerprint density at radius 1 is 0.750 bits per heavy atom. The lowest BCUT2D eigenvalue weighted by Gasteiger charge is -2.10. The Hall–Kier alpha value is -4.50. The predicted molar refractivity (Wildman–Crippen MR) is 147 cm³/mol. The fourth-order valence-corrected chi connectivity index (χ4v) is 4.07. The lowest BCUT2D eigenvalue weighted by molar-refractivity contribution is 0.574. The molecule has 0 aliphatic rings. The first-order valence-electron chi connectivity index (χ1n) is 11.2. The Morgan fingerprint density at radius 2 is 1.36 bits per heavy atom. The first-order valence-corrected chi connectivity index (χ1v) is 12.0. The van der Waals surface area contributed by atoms with E-state index in [1.807, 2.05) is 91.9 Å². The molecule has 0 saturated heterocycles. The Labute approximate surface area is 216 Å². The molecular weight excluding hydrogens is 518 g/mol. The number of furan rings is 1. The van der Waals surface area contributed by atoms with Gasteiger partial charge in [0.15, 0.2) is 0 Å². The van der Waals surface area contributed by atoms with Crippen molar-refractivity contribution in [3.63, 3.8) is 0 Å². The number of halogens is 1. The molecule has 0 bridgehead atoms. The zero-order valence-electron chi connectivity index (χ0n) is 19.3. The van der Waals surface area contributed by atoms with Gasteiger partial charge in [-0.05, 0) is 61.0 Å². The van der Waals surface area contributed by atoms with Gasteiger partial charge in [-0.25, -0.2) is 5.43 Å². The number of para-hydroxylation sites is 2. The van der Waals surface area contributed by atoms with Crippen molar-refractivity contribution in [2.24, 2.45) is 5.10 Å². The van der Waals surface area contributed by atoms with Crippen LogP contribution < -0.4 is 16.1 Å². The van der Waals surface area contributed by atoms with E-state index in [0.29, 0.717) is 17.7 Å². The smallest absolute Gasteiger partial charge is 0.250 e. The van der Waals surface area contributed by atoms with Crippen molar-refractivity contribution in [1.82, 2.24) is 15.0 Å². The molecule has 5 rings (SSSR count). The molecular formula is C27H22BrN7O. The lowest BCUT2D eigenvalue weighted by Crippen LogP contribution is -2.07. The maximum absolute atomic E-state index is 5.94. The first kappa shape index (κ1) is 23.3. The van der Waals surface area contributed by atoms with E-state index < -0.39 is 0 Å². The maximum atomic E-state index is 5.94. The van der Waals surface area contributed by atoms with Crippen LogP contribution in [0.25, 0.3) is 11.3 Å². The van der Waals surface area contributed by atoms with Gasteiger partial charge in [0.1, 0.15) is 11.5 Å². The number of hydrogen-bond acceptors (Lipinski definition) is 8. The highest BCUT2D eigenvalue weighted by atomic mass is 79.9. The van der Waals surface area contributed by atoms with E-state index >= 15 is 0 Å². The molecule has 178 valence electrons. The summed E-state index contributed by atoms with van der Waals surface area (Å²) in [5.74, 6) is 2.34. The Balaban J connectivity index is 1.35. The third-order valence-electron chi connectivity index (χ3n) is 5.07. The minimum absolute atomic E-state index is 0.270. The van der Waals surface area contributed by atoms with Crippen LogP contribution in [0.15, 0.2) is 105 Å². The van der Waals surface area contributed by atoms with E-state index in [1.165, 1.54) is 5.56 Å². The summed E-state index contributed by atoms with van der Waals surface area (Å²) in [6.45, 7) is 2.04. The normalized spacial score (nSPS) is 10.9. The van der Waals surface area contributed by atoms with E-state index in [4.69, 9.17) is 4.42 Å². The quantitative estimate of drug-likeness (QED) is 0.142. The monoisotopic (exact) mass is 539 g/mol. The maximum Gasteiger partial charge on any atom is 0.250 e. The number of nitrogens with one attached hydrogen (secondary N) is 3. The van der Waals surface area contributed by atoms with Gasteiger partial charge >= 0.3 is 0 Å². The van der Waals surface area contributed by atoms with Gasteiger partial charge in [0, 0.05) is 21.4 Å². The third kappa shape index (κ3) is 5.94. The molecule has 36 heavy (non-hydrogen) atoms. The average Bonchev–Trinajstić information content (AvgIpc) is 3.34. The zero-order chi connectivity index (χ0) is 24.7. The standard InChI is InChI=1S/C27H22BrN7O/c1-18-12-14-22(23(28)16-18)24-15-13-21(36-24)17-29-35-27-33-25(30-19-8-4-2-5-9-19)32-26(34-27)31-20-10-6-3-7-11-20/h2-17H,1H3,(H3,30,31,32,33,34,35)/b29-17+. The number of rotatable bonds is 8. The average molecular weight is 540 g/mol. The van der Waals surface area contributed by atoms with Crippen molar-refractivity contribution < 1.29 is 4.42 Å². The molecule has 0 atom stereocenters. The van der Waals surface area contributed by atoms with Crippen molar-refractivity contribution in [3.05, 3.63) is 107 Å². The second-order valence-corrected chi connectivity index (χ2v) is 8.70. The van der Waals surface area contributed by atoms with Gasteiger partial charge in [-0.3, -0.25) is 0 Å². The second kappa shape index (κ2) is 10.8. The number of hydrogen-bond donors (Lipinski definition) is 3. The Kier molecular flexibility index (Phi) is 7.00. The summed E-state index contributed by atoms with van der Waals surface area (Å²) >= 11 is 3.60. The van der Waals surface area contributed by atoms with Crippen LogP contribution in [0.1, 0.15) is 11.3 Å². The molecule has 8 nitrogen and oxygen atoms in total. The largest absolute Gasteiger partial charge is 0.455 e. The van der Waals surface area contributed by atoms with Gasteiger partial charge in [0.25, 0.3) is 0 Å². The third-order valence-corrected chi connectivity index (χ3v) is 5.72. The van der Waals surface area contributed by atoms with Crippen molar-refractivity contribution >= 4 is 51.4 Å². The van der Waals surface area contributed by atoms with Crippen LogP contribution in [0.3, 0.4) is 0 Å². The molecule has 0 radical (unpaired) electrons. The van der Waals surface area contributed by atoms with Crippen molar-refractivity contribution in [1.29, 1.82) is 0 Å². The van der Waals surface area contributed by atoms with Crippen LogP contribution in [0.5, 0.6) is 0 Å². The number of hydrazone groups is 1. The number of aryl methyl sites for hydroxylation is 1. The van der Waals surface area contributed by atoms with Gasteiger partial charge in [0.2, 0.25) is 17.8 Å². The highest BCUT2D eigenvalue weighted by Gasteiger charge is 2.09. The van der Waals surface area contributed by atoms with Gasteiger partial charge < -0.3 is 15.1 Å². The summed E-state index contributed by atoms with van der Waals surface area (Å²) in [4.78, 5) is 13.4. The fraction of sp³-hybridized carbons (Fsp3) is 0.0370. The Bertz CT molecular complexity index is 1430. The summed E-state index contributed by atoms with van der Waals surface area (Å²) in [6, 6.07) is 29.2. The number of aromatic nitrogens is 3. The molecule has 0 aliphatic heterocycles. The van der Waals surface area contributed by atoms with Crippen molar-refractivity contribution in [2.75, 3.05) is 16.1 Å². The molecule has 0 spiro atoms. The van der Waals surface area contributed by atoms with Gasteiger partial charge in [-0.2, -0.15) is 20.1 Å². The van der Waals surface area contributed by atoms with E-state index in [0.717, 1.165) is 27.2 Å². The molecule has 0 saturated carbocycles. The minimum atomic E-state index is 0.270. The van der Waals surface area contributed by atoms with Crippen LogP contribution in [-0.4, -0.2) is 21.2 Å². The topological polar surface area (TPSA) is 100 Å². The van der Waals surface area contributed by atoms with E-state index in [9.17, 15) is 0 Å². The second-order valence-electron chi connectivity index (χ2n) is 7.84. The van der Waals surface area contributed by atoms with Gasteiger partial charge in [0.05, 0.1) is 6.21 Å². The first-order chi connectivity index (χ1) is 17.6. The lowest BCUT2D eigenvalue weighted by atomic mass is 10.1. The van der Waals surface area contributed by atoms with Gasteiger partial charge in [-0.1, -0.05) is 58.4 Å². The van der Waals surface area contributed by atoms with Crippen molar-refractivity contribution in [3.8, 4) is 11.3 Å². The van der Waals surface area contributed by atoms with Crippen LogP contribution in [0.2, 0.25) is 0 Å². The van der Waals surface area contributed by atoms with Crippen LogP contribution >= 0.6 is 15.9 Å². The van der Waals surface area contributed by atoms with Crippen molar-refractivity contribution in [2.45, 2.75) is 6.92 Å². The van der Waals surface area contributed by atoms with E-state index in [-0.39, 0.29) is 5.95 Å². The molecule has 3 N–H and O–H groups in total. The minimum Gasteiger partial charge on any atom is -0.455 e. The highest BCUT2D eigenvalue weighted by molar-refractivity contribution is 9.10. The van der Waals surface area contributed by atoms with E-state index in [2.05, 4.69) is 58.1 Å². The molecule has 9 heteroatoms. The fourth-order valence-electron chi connectivity index (χ4n) is 3.38. The molecule has 0 unspecified atom stereocenters. The summed E-state index contributed by atoms with van der Waals surface area (Å²) < 4.78 is 6.91. The predicted octanol–water partition coefficient (Wildman–Crippen LogP) is 7.14. The molecule has 2 aromatic heterocycles. The highest BCUT2D eigenvalue weighted by Crippen LogP contribution is 2.30. The van der Waals surface area contributed by atoms with Crippen LogP contribution in [0.4, 0.5) is 29.2 Å². The zero-order valence-corrected chi connectivity index (χ0v) is 20.9. The van der Waals surface area contributed by atoms with Crippen LogP contribution in [-0.2, 0) is 0 Å². The van der Waals surface area contributed by atoms with Crippen LogP contribution in [0, 0.1) is 6.92 Å². The number of benzene rings is 3. The Morgan fingerprint density at radius 3 is 1.97 bits per heavy atom. The molecule has 5 aromatic rings. The molecule has 0 fully saturated rings. The molecule has 3 aromatic carbocycles. The van der Waals surface area contributed by atoms with Gasteiger partial charge in [-0.15, -0.1) is 0 Å². The molecule has 0 aliphatic carbocycles. The number of anilines is 5. The summed E-state index contributed by atoms with van der Waals surface area (Å²) in [5.41, 5.74) is 6.72. The summed E-state index contributed by atoms with van der Waals surface area (Å²) in [6.07, 6.45) is 1.57. The molecule has 0 amide bonds. The SMILES string of the molecule is Cc1ccc(-c2ccc(/C=N/Nc3nc(Nc4ccccc4)nc(Nc4ccccc4)n3)o2)c(Br)c1. The summed E-state index contributed by atoms with van der Waals surface area (Å²) in [5, 5.41) is 10.6.